The number of nitrogens with two attached hydrogens (primary N) is 1. The van der Waals surface area contributed by atoms with Gasteiger partial charge in [-0.25, -0.2) is 8.42 Å². The molecule has 0 amide bonds. The Morgan fingerprint density at radius 1 is 1.50 bits per heavy atom. The fourth-order valence-electron chi connectivity index (χ4n) is 3.02. The second kappa shape index (κ2) is 5.02. The van der Waals surface area contributed by atoms with Crippen LogP contribution in [0.1, 0.15) is 32.6 Å². The van der Waals surface area contributed by atoms with Crippen LogP contribution in [0.2, 0.25) is 0 Å². The number of rotatable bonds is 5. The van der Waals surface area contributed by atoms with Gasteiger partial charge >= 0.3 is 0 Å². The van der Waals surface area contributed by atoms with Crippen molar-refractivity contribution in [2.45, 2.75) is 43.4 Å². The molecule has 0 heterocycles. The lowest BCUT2D eigenvalue weighted by molar-refractivity contribution is 0.134. The number of sulfone groups is 1. The summed E-state index contributed by atoms with van der Waals surface area (Å²) in [5, 5.41) is -0.290. The Kier molecular flexibility index (Phi) is 4.37. The summed E-state index contributed by atoms with van der Waals surface area (Å²) in [6, 6.07) is 0. The minimum Gasteiger partial charge on any atom is -0.329 e. The third kappa shape index (κ3) is 2.41. The molecule has 2 atom stereocenters. The molecule has 2 unspecified atom stereocenters. The average Bonchev–Trinajstić information content (AvgIpc) is 2.62. The first-order valence-corrected chi connectivity index (χ1v) is 7.94. The van der Waals surface area contributed by atoms with E-state index in [1.807, 2.05) is 7.05 Å². The van der Waals surface area contributed by atoms with Crippen LogP contribution in [0.4, 0.5) is 0 Å². The first-order valence-electron chi connectivity index (χ1n) is 5.98. The van der Waals surface area contributed by atoms with E-state index in [2.05, 4.69) is 11.8 Å². The Morgan fingerprint density at radius 3 is 2.56 bits per heavy atom. The van der Waals surface area contributed by atoms with E-state index in [9.17, 15) is 8.42 Å². The van der Waals surface area contributed by atoms with Crippen LogP contribution in [-0.4, -0.2) is 50.5 Å². The highest BCUT2D eigenvalue weighted by atomic mass is 32.2. The normalized spacial score (nSPS) is 31.2. The summed E-state index contributed by atoms with van der Waals surface area (Å²) < 4.78 is 23.7. The fourth-order valence-corrected chi connectivity index (χ4v) is 4.81. The second-order valence-corrected chi connectivity index (χ2v) is 7.17. The van der Waals surface area contributed by atoms with Crippen LogP contribution in [0.25, 0.3) is 0 Å². The molecule has 96 valence electrons. The van der Waals surface area contributed by atoms with Crippen LogP contribution < -0.4 is 5.73 Å². The molecule has 5 heteroatoms. The maximum Gasteiger partial charge on any atom is 0.152 e. The Labute approximate surface area is 99.1 Å². The molecule has 0 aromatic rings. The van der Waals surface area contributed by atoms with Gasteiger partial charge in [-0.05, 0) is 32.9 Å². The molecule has 2 N–H and O–H groups in total. The van der Waals surface area contributed by atoms with E-state index in [4.69, 9.17) is 5.73 Å². The summed E-state index contributed by atoms with van der Waals surface area (Å²) in [6.07, 6.45) is 4.98. The Bertz CT molecular complexity index is 329. The monoisotopic (exact) mass is 248 g/mol. The molecule has 0 spiro atoms. The van der Waals surface area contributed by atoms with Crippen molar-refractivity contribution in [3.05, 3.63) is 0 Å². The van der Waals surface area contributed by atoms with Gasteiger partial charge in [-0.3, -0.25) is 4.90 Å². The molecule has 0 aliphatic heterocycles. The minimum absolute atomic E-state index is 0.290. The van der Waals surface area contributed by atoms with E-state index >= 15 is 0 Å². The summed E-state index contributed by atoms with van der Waals surface area (Å²) in [5.41, 5.74) is 5.55. The van der Waals surface area contributed by atoms with Crippen molar-refractivity contribution in [3.63, 3.8) is 0 Å². The van der Waals surface area contributed by atoms with E-state index in [0.29, 0.717) is 6.54 Å². The lowest BCUT2D eigenvalue weighted by atomic mass is 9.95. The van der Waals surface area contributed by atoms with Crippen molar-refractivity contribution in [2.24, 2.45) is 5.73 Å². The summed E-state index contributed by atoms with van der Waals surface area (Å²) in [6.45, 7) is 3.44. The van der Waals surface area contributed by atoms with E-state index in [1.54, 1.807) is 0 Å². The SMILES string of the molecule is CCCN(C)C1(CN)CCCC1S(C)(=O)=O. The van der Waals surface area contributed by atoms with E-state index in [-0.39, 0.29) is 10.8 Å². The minimum atomic E-state index is -3.01. The van der Waals surface area contributed by atoms with Crippen molar-refractivity contribution < 1.29 is 8.42 Å². The second-order valence-electron chi connectivity index (χ2n) is 4.94. The lowest BCUT2D eigenvalue weighted by Gasteiger charge is -2.42. The zero-order valence-electron chi connectivity index (χ0n) is 10.6. The van der Waals surface area contributed by atoms with Crippen molar-refractivity contribution in [1.29, 1.82) is 0 Å². The molecule has 0 aromatic heterocycles. The molecular formula is C11H24N2O2S. The molecule has 1 aliphatic rings. The van der Waals surface area contributed by atoms with Gasteiger partial charge in [0.15, 0.2) is 9.84 Å². The summed E-state index contributed by atoms with van der Waals surface area (Å²) in [7, 11) is -1.01. The maximum atomic E-state index is 11.8. The molecule has 1 saturated carbocycles. The number of nitrogens with zero attached hydrogens (tertiary/aromatic N) is 1. The van der Waals surface area contributed by atoms with Gasteiger partial charge < -0.3 is 5.73 Å². The highest BCUT2D eigenvalue weighted by Gasteiger charge is 2.49. The van der Waals surface area contributed by atoms with Crippen molar-refractivity contribution >= 4 is 9.84 Å². The van der Waals surface area contributed by atoms with Gasteiger partial charge in [0, 0.05) is 18.3 Å². The zero-order valence-corrected chi connectivity index (χ0v) is 11.4. The van der Waals surface area contributed by atoms with E-state index in [1.165, 1.54) is 6.26 Å². The first kappa shape index (κ1) is 13.9. The number of hydrogen-bond donors (Lipinski definition) is 1. The van der Waals surface area contributed by atoms with Gasteiger partial charge in [-0.2, -0.15) is 0 Å². The summed E-state index contributed by atoms with van der Waals surface area (Å²) in [5.74, 6) is 0. The van der Waals surface area contributed by atoms with Crippen LogP contribution in [-0.2, 0) is 9.84 Å². The third-order valence-corrected chi connectivity index (χ3v) is 5.57. The van der Waals surface area contributed by atoms with Crippen molar-refractivity contribution in [2.75, 3.05) is 26.4 Å². The van der Waals surface area contributed by atoms with Crippen LogP contribution in [0, 0.1) is 0 Å². The average molecular weight is 248 g/mol. The van der Waals surface area contributed by atoms with Crippen molar-refractivity contribution in [1.82, 2.24) is 4.90 Å². The molecule has 1 rings (SSSR count). The largest absolute Gasteiger partial charge is 0.329 e. The van der Waals surface area contributed by atoms with Crippen LogP contribution in [0.15, 0.2) is 0 Å². The predicted octanol–water partition coefficient (Wildman–Crippen LogP) is 0.623. The molecule has 0 aromatic carbocycles. The maximum absolute atomic E-state index is 11.8. The van der Waals surface area contributed by atoms with Crippen LogP contribution in [0.5, 0.6) is 0 Å². The molecule has 1 aliphatic carbocycles. The summed E-state index contributed by atoms with van der Waals surface area (Å²) in [4.78, 5) is 2.16. The van der Waals surface area contributed by atoms with Crippen molar-refractivity contribution in [3.8, 4) is 0 Å². The number of hydrogen-bond acceptors (Lipinski definition) is 4. The molecule has 0 bridgehead atoms. The third-order valence-electron chi connectivity index (χ3n) is 3.86. The zero-order chi connectivity index (χ0) is 12.4. The van der Waals surface area contributed by atoms with Gasteiger partial charge in [-0.15, -0.1) is 0 Å². The van der Waals surface area contributed by atoms with Gasteiger partial charge in [-0.1, -0.05) is 13.3 Å². The Morgan fingerprint density at radius 2 is 2.12 bits per heavy atom. The molecule has 0 saturated heterocycles. The molecule has 16 heavy (non-hydrogen) atoms. The summed E-state index contributed by atoms with van der Waals surface area (Å²) >= 11 is 0. The standard InChI is InChI=1S/C11H24N2O2S/c1-4-8-13(2)11(9-12)7-5-6-10(11)16(3,14)15/h10H,4-9,12H2,1-3H3. The lowest BCUT2D eigenvalue weighted by Crippen LogP contribution is -2.59. The van der Waals surface area contributed by atoms with Gasteiger partial charge in [0.25, 0.3) is 0 Å². The smallest absolute Gasteiger partial charge is 0.152 e. The Hall–Kier alpha value is -0.130. The topological polar surface area (TPSA) is 63.4 Å². The number of likely N-dealkylation sites (N-methyl/N-ethyl adjacent to an activating group) is 1. The molecule has 0 radical (unpaired) electrons. The molecular weight excluding hydrogens is 224 g/mol. The highest BCUT2D eigenvalue weighted by Crippen LogP contribution is 2.38. The quantitative estimate of drug-likeness (QED) is 0.775. The first-order chi connectivity index (χ1) is 7.38. The molecule has 4 nitrogen and oxygen atoms in total. The van der Waals surface area contributed by atoms with Gasteiger partial charge in [0.1, 0.15) is 0 Å². The fraction of sp³-hybridized carbons (Fsp3) is 1.00. The highest BCUT2D eigenvalue weighted by molar-refractivity contribution is 7.91. The van der Waals surface area contributed by atoms with E-state index < -0.39 is 9.84 Å². The van der Waals surface area contributed by atoms with Gasteiger partial charge in [0.2, 0.25) is 0 Å². The van der Waals surface area contributed by atoms with Crippen LogP contribution in [0.3, 0.4) is 0 Å². The Balaban J connectivity index is 3.02. The molecule has 1 fully saturated rings. The van der Waals surface area contributed by atoms with Crippen LogP contribution >= 0.6 is 0 Å². The van der Waals surface area contributed by atoms with E-state index in [0.717, 1.165) is 32.2 Å². The predicted molar refractivity (Wildman–Crippen MR) is 67.2 cm³/mol. The van der Waals surface area contributed by atoms with Gasteiger partial charge in [0.05, 0.1) is 5.25 Å².